The molecule has 2 N–H and O–H groups in total. The minimum absolute atomic E-state index is 0.251. The van der Waals surface area contributed by atoms with E-state index in [2.05, 4.69) is 47.1 Å². The normalized spacial score (nSPS) is 15.2. The number of benzene rings is 1. The van der Waals surface area contributed by atoms with Crippen LogP contribution in [0.25, 0.3) is 22.5 Å². The molecule has 4 aromatic rings. The second kappa shape index (κ2) is 7.02. The summed E-state index contributed by atoms with van der Waals surface area (Å²) in [5.74, 6) is 1.72. The number of rotatable bonds is 1. The minimum Gasteiger partial charge on any atom is -0.482 e. The molecule has 0 saturated heterocycles. The van der Waals surface area contributed by atoms with Crippen LogP contribution in [0, 0.1) is 6.92 Å². The zero-order valence-corrected chi connectivity index (χ0v) is 17.2. The monoisotopic (exact) mass is 401 g/mol. The Hall–Kier alpha value is -3.61. The maximum atomic E-state index is 6.32. The van der Waals surface area contributed by atoms with Crippen molar-refractivity contribution >= 4 is 5.82 Å². The Labute approximate surface area is 174 Å². The highest BCUT2D eigenvalue weighted by Crippen LogP contribution is 2.38. The maximum Gasteiger partial charge on any atom is 0.181 e. The summed E-state index contributed by atoms with van der Waals surface area (Å²) in [4.78, 5) is 8.95. The topological polar surface area (TPSA) is 92.0 Å². The molecule has 7 heteroatoms. The second-order valence-electron chi connectivity index (χ2n) is 7.59. The summed E-state index contributed by atoms with van der Waals surface area (Å²) in [5.41, 5.74) is 13.1. The molecule has 5 rings (SSSR count). The summed E-state index contributed by atoms with van der Waals surface area (Å²) in [6.07, 6.45) is 5.48. The van der Waals surface area contributed by atoms with Gasteiger partial charge in [-0.05, 0) is 26.8 Å². The fourth-order valence-electron chi connectivity index (χ4n) is 4.08. The highest BCUT2D eigenvalue weighted by atomic mass is 16.5. The van der Waals surface area contributed by atoms with Crippen molar-refractivity contribution in [2.24, 2.45) is 0 Å². The van der Waals surface area contributed by atoms with Crippen LogP contribution in [-0.4, -0.2) is 19.7 Å². The predicted molar refractivity (Wildman–Crippen MR) is 114 cm³/mol. The predicted octanol–water partition coefficient (Wildman–Crippen LogP) is 4.55. The highest BCUT2D eigenvalue weighted by Gasteiger charge is 2.24. The molecule has 30 heavy (non-hydrogen) atoms. The lowest BCUT2D eigenvalue weighted by molar-refractivity contribution is 0.228. The minimum atomic E-state index is -0.251. The third kappa shape index (κ3) is 2.94. The largest absolute Gasteiger partial charge is 0.482 e. The first-order chi connectivity index (χ1) is 14.5. The van der Waals surface area contributed by atoms with Gasteiger partial charge in [0.05, 0.1) is 11.9 Å². The molecule has 1 aliphatic rings. The van der Waals surface area contributed by atoms with Gasteiger partial charge in [-0.25, -0.2) is 9.97 Å². The molecule has 1 atom stereocenters. The SMILES string of the molecule is CCn1ncc2c1-c1cnc(N)c(c1)OC(C)c1cc(C)ccc1-c1ncoc1C2. The van der Waals surface area contributed by atoms with Gasteiger partial charge in [0.2, 0.25) is 0 Å². The Balaban J connectivity index is 1.79. The smallest absolute Gasteiger partial charge is 0.181 e. The van der Waals surface area contributed by atoms with Gasteiger partial charge in [0.15, 0.2) is 18.0 Å². The third-order valence-electron chi connectivity index (χ3n) is 5.57. The fourth-order valence-corrected chi connectivity index (χ4v) is 4.08. The number of nitrogens with two attached hydrogens (primary N) is 1. The summed E-state index contributed by atoms with van der Waals surface area (Å²) < 4.78 is 14.1. The van der Waals surface area contributed by atoms with Crippen LogP contribution in [0.3, 0.4) is 0 Å². The molecule has 1 unspecified atom stereocenters. The third-order valence-corrected chi connectivity index (χ3v) is 5.57. The molecular formula is C23H23N5O2. The van der Waals surface area contributed by atoms with Crippen molar-refractivity contribution in [3.05, 3.63) is 65.5 Å². The Morgan fingerprint density at radius 1 is 1.20 bits per heavy atom. The average molecular weight is 401 g/mol. The number of oxazole rings is 1. The van der Waals surface area contributed by atoms with E-state index in [9.17, 15) is 0 Å². The van der Waals surface area contributed by atoms with Gasteiger partial charge in [-0.15, -0.1) is 0 Å². The molecule has 0 fully saturated rings. The molecule has 3 aromatic heterocycles. The number of fused-ring (bicyclic) bond motifs is 7. The molecule has 0 spiro atoms. The molecule has 152 valence electrons. The first-order valence-corrected chi connectivity index (χ1v) is 10.1. The number of aryl methyl sites for hydroxylation is 2. The van der Waals surface area contributed by atoms with E-state index >= 15 is 0 Å². The molecule has 1 aromatic carbocycles. The van der Waals surface area contributed by atoms with Gasteiger partial charge in [0, 0.05) is 41.4 Å². The van der Waals surface area contributed by atoms with Crippen LogP contribution < -0.4 is 10.5 Å². The van der Waals surface area contributed by atoms with Gasteiger partial charge in [-0.2, -0.15) is 5.10 Å². The van der Waals surface area contributed by atoms with Crippen LogP contribution >= 0.6 is 0 Å². The van der Waals surface area contributed by atoms with Gasteiger partial charge in [0.1, 0.15) is 17.6 Å². The first kappa shape index (κ1) is 18.4. The number of nitrogen functional groups attached to an aromatic ring is 1. The molecular weight excluding hydrogens is 378 g/mol. The molecule has 0 aliphatic carbocycles. The highest BCUT2D eigenvalue weighted by molar-refractivity contribution is 5.71. The van der Waals surface area contributed by atoms with E-state index in [1.165, 1.54) is 6.39 Å². The van der Waals surface area contributed by atoms with Crippen LogP contribution in [0.2, 0.25) is 0 Å². The first-order valence-electron chi connectivity index (χ1n) is 10.1. The number of aromatic nitrogens is 4. The van der Waals surface area contributed by atoms with E-state index < -0.39 is 0 Å². The lowest BCUT2D eigenvalue weighted by Gasteiger charge is -2.21. The molecule has 2 bridgehead atoms. The van der Waals surface area contributed by atoms with Crippen molar-refractivity contribution < 1.29 is 9.15 Å². The van der Waals surface area contributed by atoms with Crippen molar-refractivity contribution in [2.45, 2.75) is 39.8 Å². The van der Waals surface area contributed by atoms with E-state index in [0.29, 0.717) is 18.0 Å². The summed E-state index contributed by atoms with van der Waals surface area (Å²) >= 11 is 0. The van der Waals surface area contributed by atoms with E-state index in [-0.39, 0.29) is 6.10 Å². The number of anilines is 1. The molecule has 0 radical (unpaired) electrons. The van der Waals surface area contributed by atoms with E-state index in [1.807, 2.05) is 23.9 Å². The van der Waals surface area contributed by atoms with Crippen LogP contribution in [0.1, 0.15) is 42.4 Å². The summed E-state index contributed by atoms with van der Waals surface area (Å²) in [5, 5.41) is 4.57. The van der Waals surface area contributed by atoms with Crippen molar-refractivity contribution in [2.75, 3.05) is 5.73 Å². The lowest BCUT2D eigenvalue weighted by Crippen LogP contribution is -2.09. The number of pyridine rings is 1. The van der Waals surface area contributed by atoms with Gasteiger partial charge < -0.3 is 14.9 Å². The van der Waals surface area contributed by atoms with E-state index in [0.717, 1.165) is 51.5 Å². The summed E-state index contributed by atoms with van der Waals surface area (Å²) in [7, 11) is 0. The Bertz CT molecular complexity index is 1240. The molecule has 0 amide bonds. The van der Waals surface area contributed by atoms with Gasteiger partial charge in [-0.1, -0.05) is 23.8 Å². The summed E-state index contributed by atoms with van der Waals surface area (Å²) in [6.45, 7) is 6.87. The van der Waals surface area contributed by atoms with Gasteiger partial charge >= 0.3 is 0 Å². The Morgan fingerprint density at radius 2 is 2.07 bits per heavy atom. The standard InChI is InChI=1S/C23H23N5O2/c1-4-28-22-15-9-20(23(24)25-10-15)30-14(3)18-7-13(2)5-6-17(18)21-19(29-12-26-21)8-16(22)11-27-28/h5-7,9-12,14H,4,8H2,1-3H3,(H2,24,25). The van der Waals surface area contributed by atoms with E-state index in [1.54, 1.807) is 6.20 Å². The van der Waals surface area contributed by atoms with Gasteiger partial charge in [0.25, 0.3) is 0 Å². The summed E-state index contributed by atoms with van der Waals surface area (Å²) in [6, 6.07) is 8.22. The van der Waals surface area contributed by atoms with Crippen LogP contribution in [0.4, 0.5) is 5.82 Å². The van der Waals surface area contributed by atoms with Crippen LogP contribution in [-0.2, 0) is 13.0 Å². The zero-order valence-electron chi connectivity index (χ0n) is 17.2. The van der Waals surface area contributed by atoms with Gasteiger partial charge in [-0.3, -0.25) is 4.68 Å². The Morgan fingerprint density at radius 3 is 2.90 bits per heavy atom. The molecule has 0 saturated carbocycles. The van der Waals surface area contributed by atoms with Crippen molar-refractivity contribution in [3.63, 3.8) is 0 Å². The number of ether oxygens (including phenoxy) is 1. The molecule has 1 aliphatic heterocycles. The number of hydrogen-bond donors (Lipinski definition) is 1. The van der Waals surface area contributed by atoms with Crippen molar-refractivity contribution in [3.8, 4) is 28.3 Å². The fraction of sp³-hybridized carbons (Fsp3) is 0.261. The van der Waals surface area contributed by atoms with Crippen LogP contribution in [0.15, 0.2) is 47.5 Å². The average Bonchev–Trinajstić information content (AvgIpc) is 3.36. The molecule has 7 nitrogen and oxygen atoms in total. The van der Waals surface area contributed by atoms with Crippen molar-refractivity contribution in [1.82, 2.24) is 19.7 Å². The maximum absolute atomic E-state index is 6.32. The Kier molecular flexibility index (Phi) is 4.31. The number of nitrogens with zero attached hydrogens (tertiary/aromatic N) is 4. The molecule has 4 heterocycles. The van der Waals surface area contributed by atoms with E-state index in [4.69, 9.17) is 14.9 Å². The quantitative estimate of drug-likeness (QED) is 0.503. The lowest BCUT2D eigenvalue weighted by atomic mass is 9.95. The second-order valence-corrected chi connectivity index (χ2v) is 7.59. The zero-order chi connectivity index (χ0) is 20.8. The number of hydrogen-bond acceptors (Lipinski definition) is 6. The van der Waals surface area contributed by atoms with Crippen LogP contribution in [0.5, 0.6) is 5.75 Å². The van der Waals surface area contributed by atoms with Crippen molar-refractivity contribution in [1.29, 1.82) is 0 Å².